The van der Waals surface area contributed by atoms with Gasteiger partial charge < -0.3 is 19.8 Å². The quantitative estimate of drug-likeness (QED) is 0.615. The molecule has 1 aromatic heterocycles. The fourth-order valence-electron chi connectivity index (χ4n) is 3.05. The van der Waals surface area contributed by atoms with Crippen molar-refractivity contribution in [3.63, 3.8) is 0 Å². The Morgan fingerprint density at radius 1 is 1.12 bits per heavy atom. The molecule has 2 N–H and O–H groups in total. The van der Waals surface area contributed by atoms with Gasteiger partial charge in [0.2, 0.25) is 0 Å². The molecule has 5 heteroatoms. The van der Waals surface area contributed by atoms with Gasteiger partial charge in [-0.15, -0.1) is 0 Å². The van der Waals surface area contributed by atoms with Crippen molar-refractivity contribution in [2.75, 3.05) is 14.2 Å². The second-order valence-corrected chi connectivity index (χ2v) is 6.40. The van der Waals surface area contributed by atoms with Crippen LogP contribution in [0.3, 0.4) is 0 Å². The largest absolute Gasteiger partial charge is 0.497 e. The van der Waals surface area contributed by atoms with Gasteiger partial charge in [-0.05, 0) is 18.9 Å². The van der Waals surface area contributed by atoms with E-state index in [9.17, 15) is 4.79 Å². The minimum atomic E-state index is -0.0699. The van der Waals surface area contributed by atoms with Gasteiger partial charge in [0.05, 0.1) is 19.7 Å². The minimum absolute atomic E-state index is 0.0699. The van der Waals surface area contributed by atoms with Crippen LogP contribution in [0.15, 0.2) is 18.2 Å². The molecule has 0 spiro atoms. The molecule has 0 saturated heterocycles. The number of hydrogen-bond donors (Lipinski definition) is 2. The van der Waals surface area contributed by atoms with Crippen molar-refractivity contribution < 1.29 is 14.3 Å². The Balaban J connectivity index is 2.10. The molecule has 0 fully saturated rings. The number of rotatable bonds is 10. The SMILES string of the molecule is CCCCCCC(CC)NC(=O)c1cc2c(OC)cc(OC)cc2[nH]1. The molecule has 0 bridgehead atoms. The Bertz CT molecular complexity index is 694. The van der Waals surface area contributed by atoms with Crippen molar-refractivity contribution in [1.29, 1.82) is 0 Å². The summed E-state index contributed by atoms with van der Waals surface area (Å²) in [6, 6.07) is 5.75. The highest BCUT2D eigenvalue weighted by atomic mass is 16.5. The lowest BCUT2D eigenvalue weighted by atomic mass is 10.1. The molecular weight excluding hydrogens is 316 g/mol. The number of nitrogens with one attached hydrogen (secondary N) is 2. The first-order chi connectivity index (χ1) is 12.1. The summed E-state index contributed by atoms with van der Waals surface area (Å²) in [7, 11) is 3.23. The third-order valence-corrected chi connectivity index (χ3v) is 4.61. The third-order valence-electron chi connectivity index (χ3n) is 4.61. The van der Waals surface area contributed by atoms with Gasteiger partial charge in [0.25, 0.3) is 5.91 Å². The second kappa shape index (κ2) is 9.35. The Morgan fingerprint density at radius 3 is 2.56 bits per heavy atom. The maximum atomic E-state index is 12.6. The molecule has 2 aromatic rings. The van der Waals surface area contributed by atoms with Crippen LogP contribution < -0.4 is 14.8 Å². The number of hydrogen-bond acceptors (Lipinski definition) is 3. The topological polar surface area (TPSA) is 63.4 Å². The smallest absolute Gasteiger partial charge is 0.267 e. The van der Waals surface area contributed by atoms with E-state index in [2.05, 4.69) is 24.1 Å². The van der Waals surface area contributed by atoms with Crippen molar-refractivity contribution in [3.8, 4) is 11.5 Å². The Morgan fingerprint density at radius 2 is 1.92 bits per heavy atom. The summed E-state index contributed by atoms with van der Waals surface area (Å²) in [5, 5.41) is 4.02. The van der Waals surface area contributed by atoms with Crippen LogP contribution in [-0.4, -0.2) is 31.2 Å². The molecule has 2 rings (SSSR count). The van der Waals surface area contributed by atoms with Gasteiger partial charge in [0.1, 0.15) is 17.2 Å². The van der Waals surface area contributed by atoms with Crippen LogP contribution >= 0.6 is 0 Å². The summed E-state index contributed by atoms with van der Waals surface area (Å²) < 4.78 is 10.7. The van der Waals surface area contributed by atoms with Gasteiger partial charge in [-0.25, -0.2) is 0 Å². The van der Waals surface area contributed by atoms with E-state index in [0.29, 0.717) is 17.2 Å². The van der Waals surface area contributed by atoms with E-state index in [1.807, 2.05) is 18.2 Å². The Hall–Kier alpha value is -2.17. The molecule has 1 aromatic carbocycles. The first kappa shape index (κ1) is 19.2. The second-order valence-electron chi connectivity index (χ2n) is 6.40. The van der Waals surface area contributed by atoms with Crippen molar-refractivity contribution in [1.82, 2.24) is 10.3 Å². The van der Waals surface area contributed by atoms with Gasteiger partial charge in [-0.2, -0.15) is 0 Å². The highest BCUT2D eigenvalue weighted by Crippen LogP contribution is 2.31. The standard InChI is InChI=1S/C20H30N2O3/c1-5-7-8-9-10-14(6-2)21-20(23)18-13-16-17(22-18)11-15(24-3)12-19(16)25-4/h11-14,22H,5-10H2,1-4H3,(H,21,23). The summed E-state index contributed by atoms with van der Waals surface area (Å²) in [6.45, 7) is 4.32. The minimum Gasteiger partial charge on any atom is -0.497 e. The molecule has 1 unspecified atom stereocenters. The average molecular weight is 346 g/mol. The van der Waals surface area contributed by atoms with E-state index in [1.165, 1.54) is 19.3 Å². The number of fused-ring (bicyclic) bond motifs is 1. The molecule has 0 radical (unpaired) electrons. The van der Waals surface area contributed by atoms with Crippen LogP contribution in [-0.2, 0) is 0 Å². The molecule has 25 heavy (non-hydrogen) atoms. The number of methoxy groups -OCH3 is 2. The zero-order valence-electron chi connectivity index (χ0n) is 15.8. The third kappa shape index (κ3) is 4.91. The molecule has 0 aliphatic heterocycles. The van der Waals surface area contributed by atoms with Crippen molar-refractivity contribution >= 4 is 16.8 Å². The Labute approximate surface area is 150 Å². The van der Waals surface area contributed by atoms with Crippen LogP contribution in [0.5, 0.6) is 11.5 Å². The normalized spacial score (nSPS) is 12.2. The number of aromatic nitrogens is 1. The van der Waals surface area contributed by atoms with Gasteiger partial charge in [0, 0.05) is 23.6 Å². The first-order valence-electron chi connectivity index (χ1n) is 9.18. The lowest BCUT2D eigenvalue weighted by Crippen LogP contribution is -2.34. The van der Waals surface area contributed by atoms with Gasteiger partial charge >= 0.3 is 0 Å². The maximum absolute atomic E-state index is 12.6. The number of unbranched alkanes of at least 4 members (excludes halogenated alkanes) is 3. The van der Waals surface area contributed by atoms with Crippen LogP contribution in [0.1, 0.15) is 62.9 Å². The lowest BCUT2D eigenvalue weighted by Gasteiger charge is -2.16. The number of H-pyrrole nitrogens is 1. The number of carbonyl (C=O) groups is 1. The highest BCUT2D eigenvalue weighted by molar-refractivity contribution is 6.00. The van der Waals surface area contributed by atoms with E-state index < -0.39 is 0 Å². The zero-order chi connectivity index (χ0) is 18.2. The van der Waals surface area contributed by atoms with Crippen molar-refractivity contribution in [2.45, 2.75) is 58.4 Å². The molecule has 1 amide bonds. The molecule has 5 nitrogen and oxygen atoms in total. The monoisotopic (exact) mass is 346 g/mol. The molecule has 0 aliphatic rings. The molecule has 0 saturated carbocycles. The zero-order valence-corrected chi connectivity index (χ0v) is 15.8. The van der Waals surface area contributed by atoms with Crippen LogP contribution in [0, 0.1) is 0 Å². The number of aromatic amines is 1. The van der Waals surface area contributed by atoms with Gasteiger partial charge in [-0.1, -0.05) is 39.5 Å². The van der Waals surface area contributed by atoms with E-state index in [0.717, 1.165) is 30.2 Å². The summed E-state index contributed by atoms with van der Waals surface area (Å²) in [5.41, 5.74) is 1.38. The Kier molecular flexibility index (Phi) is 7.16. The summed E-state index contributed by atoms with van der Waals surface area (Å²) in [5.74, 6) is 1.32. The van der Waals surface area contributed by atoms with Crippen molar-refractivity contribution in [3.05, 3.63) is 23.9 Å². The van der Waals surface area contributed by atoms with Gasteiger partial charge in [-0.3, -0.25) is 4.79 Å². The molecular formula is C20H30N2O3. The summed E-state index contributed by atoms with van der Waals surface area (Å²) in [6.07, 6.45) is 6.84. The van der Waals surface area contributed by atoms with Crippen molar-refractivity contribution in [2.24, 2.45) is 0 Å². The number of carbonyl (C=O) groups excluding carboxylic acids is 1. The van der Waals surface area contributed by atoms with Crippen LogP contribution in [0.4, 0.5) is 0 Å². The highest BCUT2D eigenvalue weighted by Gasteiger charge is 2.16. The number of amides is 1. The molecule has 0 aliphatic carbocycles. The number of benzene rings is 1. The fraction of sp³-hybridized carbons (Fsp3) is 0.550. The van der Waals surface area contributed by atoms with E-state index >= 15 is 0 Å². The lowest BCUT2D eigenvalue weighted by molar-refractivity contribution is 0.0929. The van der Waals surface area contributed by atoms with Crippen LogP contribution in [0.2, 0.25) is 0 Å². The predicted octanol–water partition coefficient (Wildman–Crippen LogP) is 4.66. The molecule has 1 atom stereocenters. The summed E-state index contributed by atoms with van der Waals surface area (Å²) >= 11 is 0. The number of ether oxygens (including phenoxy) is 2. The fourth-order valence-corrected chi connectivity index (χ4v) is 3.05. The van der Waals surface area contributed by atoms with Crippen LogP contribution in [0.25, 0.3) is 10.9 Å². The summed E-state index contributed by atoms with van der Waals surface area (Å²) in [4.78, 5) is 15.8. The molecule has 1 heterocycles. The van der Waals surface area contributed by atoms with E-state index in [4.69, 9.17) is 9.47 Å². The maximum Gasteiger partial charge on any atom is 0.267 e. The first-order valence-corrected chi connectivity index (χ1v) is 9.18. The molecule has 138 valence electrons. The average Bonchev–Trinajstić information content (AvgIpc) is 3.07. The predicted molar refractivity (Wildman–Crippen MR) is 102 cm³/mol. The van der Waals surface area contributed by atoms with E-state index in [-0.39, 0.29) is 11.9 Å². The van der Waals surface area contributed by atoms with Gasteiger partial charge in [0.15, 0.2) is 0 Å². The van der Waals surface area contributed by atoms with E-state index in [1.54, 1.807) is 14.2 Å².